The second-order valence-corrected chi connectivity index (χ2v) is 6.30. The van der Waals surface area contributed by atoms with Crippen molar-refractivity contribution >= 4 is 46.4 Å². The summed E-state index contributed by atoms with van der Waals surface area (Å²) in [6.07, 6.45) is 2.81. The van der Waals surface area contributed by atoms with E-state index in [4.69, 9.17) is 14.2 Å². The van der Waals surface area contributed by atoms with Gasteiger partial charge in [-0.05, 0) is 42.8 Å². The smallest absolute Gasteiger partial charge is 0.331 e. The summed E-state index contributed by atoms with van der Waals surface area (Å²) < 4.78 is 24.0. The van der Waals surface area contributed by atoms with Gasteiger partial charge in [-0.15, -0.1) is 0 Å². The molecular formula is C20H19N3O5S. The number of nitrogens with zero attached hydrogens (tertiary/aromatic N) is 2. The van der Waals surface area contributed by atoms with Crippen LogP contribution >= 0.6 is 11.7 Å². The van der Waals surface area contributed by atoms with Gasteiger partial charge in [0.05, 0.1) is 31.1 Å². The molecule has 1 aromatic heterocycles. The first kappa shape index (κ1) is 20.3. The molecule has 0 aliphatic heterocycles. The standard InChI is InChI=1S/C20H19N3O5S/c1-3-27-16-9-7-13(11-17(16)26-2)8-10-19(25)28-12-18(24)21-14-5-4-6-15-20(14)23-29-22-15/h4-11H,3,12H2,1-2H3,(H,21,24)/b10-8+. The Labute approximate surface area is 171 Å². The number of anilines is 1. The quantitative estimate of drug-likeness (QED) is 0.447. The normalized spacial score (nSPS) is 10.8. The molecule has 0 bridgehead atoms. The van der Waals surface area contributed by atoms with Crippen molar-refractivity contribution in [1.29, 1.82) is 0 Å². The number of ether oxygens (including phenoxy) is 3. The summed E-state index contributed by atoms with van der Waals surface area (Å²) in [5.41, 5.74) is 2.55. The molecule has 0 saturated heterocycles. The van der Waals surface area contributed by atoms with Crippen molar-refractivity contribution < 1.29 is 23.8 Å². The predicted octanol–water partition coefficient (Wildman–Crippen LogP) is 3.29. The van der Waals surface area contributed by atoms with Gasteiger partial charge in [0.15, 0.2) is 18.1 Å². The highest BCUT2D eigenvalue weighted by molar-refractivity contribution is 7.00. The summed E-state index contributed by atoms with van der Waals surface area (Å²) in [6.45, 7) is 1.99. The molecule has 0 spiro atoms. The zero-order valence-corrected chi connectivity index (χ0v) is 16.7. The van der Waals surface area contributed by atoms with E-state index in [-0.39, 0.29) is 0 Å². The molecular weight excluding hydrogens is 394 g/mol. The minimum atomic E-state index is -0.637. The lowest BCUT2D eigenvalue weighted by atomic mass is 10.2. The topological polar surface area (TPSA) is 99.6 Å². The molecule has 9 heteroatoms. The fourth-order valence-corrected chi connectivity index (χ4v) is 3.05. The van der Waals surface area contributed by atoms with Crippen molar-refractivity contribution in [3.8, 4) is 11.5 Å². The number of methoxy groups -OCH3 is 1. The van der Waals surface area contributed by atoms with Gasteiger partial charge in [0.1, 0.15) is 11.0 Å². The number of hydrogen-bond donors (Lipinski definition) is 1. The van der Waals surface area contributed by atoms with E-state index in [1.165, 1.54) is 6.08 Å². The summed E-state index contributed by atoms with van der Waals surface area (Å²) >= 11 is 1.06. The molecule has 0 atom stereocenters. The van der Waals surface area contributed by atoms with Crippen molar-refractivity contribution in [2.24, 2.45) is 0 Å². The number of benzene rings is 2. The zero-order chi connectivity index (χ0) is 20.6. The lowest BCUT2D eigenvalue weighted by Crippen LogP contribution is -2.20. The second kappa shape index (κ2) is 9.65. The van der Waals surface area contributed by atoms with Crippen molar-refractivity contribution in [3.05, 3.63) is 48.0 Å². The summed E-state index contributed by atoms with van der Waals surface area (Å²) in [7, 11) is 1.54. The molecule has 1 heterocycles. The summed E-state index contributed by atoms with van der Waals surface area (Å²) in [6, 6.07) is 10.6. The zero-order valence-electron chi connectivity index (χ0n) is 15.9. The number of fused-ring (bicyclic) bond motifs is 1. The van der Waals surface area contributed by atoms with E-state index in [0.717, 1.165) is 17.3 Å². The van der Waals surface area contributed by atoms with Gasteiger partial charge in [0.25, 0.3) is 5.91 Å². The van der Waals surface area contributed by atoms with Crippen LogP contribution in [0.3, 0.4) is 0 Å². The first-order valence-electron chi connectivity index (χ1n) is 8.77. The number of esters is 1. The third-order valence-corrected chi connectivity index (χ3v) is 4.35. The summed E-state index contributed by atoms with van der Waals surface area (Å²) in [4.78, 5) is 24.0. The van der Waals surface area contributed by atoms with Crippen LogP contribution in [0.4, 0.5) is 5.69 Å². The Kier molecular flexibility index (Phi) is 6.75. The number of aromatic nitrogens is 2. The monoisotopic (exact) mass is 413 g/mol. The fraction of sp³-hybridized carbons (Fsp3) is 0.200. The molecule has 0 aliphatic carbocycles. The molecule has 8 nitrogen and oxygen atoms in total. The Morgan fingerprint density at radius 1 is 1.17 bits per heavy atom. The highest BCUT2D eigenvalue weighted by Gasteiger charge is 2.10. The molecule has 29 heavy (non-hydrogen) atoms. The third kappa shape index (κ3) is 5.29. The maximum absolute atomic E-state index is 12.1. The van der Waals surface area contributed by atoms with Gasteiger partial charge in [0, 0.05) is 6.08 Å². The summed E-state index contributed by atoms with van der Waals surface area (Å²) in [5, 5.41) is 2.67. The van der Waals surface area contributed by atoms with Gasteiger partial charge in [-0.1, -0.05) is 12.1 Å². The van der Waals surface area contributed by atoms with Crippen LogP contribution in [0.15, 0.2) is 42.5 Å². The Morgan fingerprint density at radius 3 is 2.83 bits per heavy atom. The van der Waals surface area contributed by atoms with Crippen LogP contribution in [-0.2, 0) is 14.3 Å². The molecule has 2 aromatic carbocycles. The van der Waals surface area contributed by atoms with Crippen LogP contribution in [-0.4, -0.2) is 40.9 Å². The molecule has 1 amide bonds. The van der Waals surface area contributed by atoms with Gasteiger partial charge in [0.2, 0.25) is 0 Å². The molecule has 150 valence electrons. The minimum absolute atomic E-state index is 0.413. The van der Waals surface area contributed by atoms with Gasteiger partial charge < -0.3 is 19.5 Å². The number of carbonyl (C=O) groups is 2. The van der Waals surface area contributed by atoms with Crippen LogP contribution in [0, 0.1) is 0 Å². The number of amides is 1. The molecule has 0 radical (unpaired) electrons. The highest BCUT2D eigenvalue weighted by atomic mass is 32.1. The average molecular weight is 413 g/mol. The Bertz CT molecular complexity index is 1050. The molecule has 0 fully saturated rings. The van der Waals surface area contributed by atoms with E-state index >= 15 is 0 Å². The van der Waals surface area contributed by atoms with Gasteiger partial charge in [-0.2, -0.15) is 8.75 Å². The van der Waals surface area contributed by atoms with E-state index in [1.807, 2.05) is 6.92 Å². The van der Waals surface area contributed by atoms with Crippen molar-refractivity contribution in [2.45, 2.75) is 6.92 Å². The highest BCUT2D eigenvalue weighted by Crippen LogP contribution is 2.28. The van der Waals surface area contributed by atoms with E-state index in [0.29, 0.717) is 34.8 Å². The van der Waals surface area contributed by atoms with Crippen LogP contribution in [0.2, 0.25) is 0 Å². The number of carbonyl (C=O) groups excluding carboxylic acids is 2. The third-order valence-electron chi connectivity index (χ3n) is 3.81. The van der Waals surface area contributed by atoms with E-state index < -0.39 is 18.5 Å². The molecule has 0 unspecified atom stereocenters. The lowest BCUT2D eigenvalue weighted by Gasteiger charge is -2.09. The average Bonchev–Trinajstić information content (AvgIpc) is 3.21. The molecule has 0 aliphatic rings. The maximum Gasteiger partial charge on any atom is 0.331 e. The molecule has 3 aromatic rings. The number of hydrogen-bond acceptors (Lipinski definition) is 8. The first-order chi connectivity index (χ1) is 14.1. The first-order valence-corrected chi connectivity index (χ1v) is 9.50. The van der Waals surface area contributed by atoms with Gasteiger partial charge in [-0.25, -0.2) is 4.79 Å². The van der Waals surface area contributed by atoms with Crippen molar-refractivity contribution in [1.82, 2.24) is 8.75 Å². The van der Waals surface area contributed by atoms with Gasteiger partial charge >= 0.3 is 5.97 Å². The molecule has 0 saturated carbocycles. The lowest BCUT2D eigenvalue weighted by molar-refractivity contribution is -0.142. The molecule has 1 N–H and O–H groups in total. The van der Waals surface area contributed by atoms with E-state index in [1.54, 1.807) is 49.6 Å². The van der Waals surface area contributed by atoms with E-state index in [2.05, 4.69) is 14.1 Å². The minimum Gasteiger partial charge on any atom is -0.493 e. The van der Waals surface area contributed by atoms with Crippen LogP contribution < -0.4 is 14.8 Å². The Morgan fingerprint density at radius 2 is 2.03 bits per heavy atom. The van der Waals surface area contributed by atoms with Crippen LogP contribution in [0.5, 0.6) is 11.5 Å². The number of nitrogens with one attached hydrogen (secondary N) is 1. The van der Waals surface area contributed by atoms with E-state index in [9.17, 15) is 9.59 Å². The largest absolute Gasteiger partial charge is 0.493 e. The maximum atomic E-state index is 12.1. The molecule has 3 rings (SSSR count). The number of rotatable bonds is 8. The second-order valence-electron chi connectivity index (χ2n) is 5.77. The SMILES string of the molecule is CCOc1ccc(/C=C/C(=O)OCC(=O)Nc2cccc3nsnc23)cc1OC. The van der Waals surface area contributed by atoms with Crippen molar-refractivity contribution in [2.75, 3.05) is 25.6 Å². The fourth-order valence-electron chi connectivity index (χ4n) is 2.50. The Balaban J connectivity index is 1.54. The van der Waals surface area contributed by atoms with Crippen LogP contribution in [0.25, 0.3) is 17.1 Å². The van der Waals surface area contributed by atoms with Gasteiger partial charge in [-0.3, -0.25) is 4.79 Å². The van der Waals surface area contributed by atoms with Crippen LogP contribution in [0.1, 0.15) is 12.5 Å². The van der Waals surface area contributed by atoms with Crippen molar-refractivity contribution in [3.63, 3.8) is 0 Å². The Hall–Kier alpha value is -3.46. The summed E-state index contributed by atoms with van der Waals surface area (Å²) in [5.74, 6) is 0.0840. The predicted molar refractivity (Wildman–Crippen MR) is 110 cm³/mol.